The van der Waals surface area contributed by atoms with E-state index in [-0.39, 0.29) is 11.9 Å². The van der Waals surface area contributed by atoms with Crippen LogP contribution in [0.4, 0.5) is 5.69 Å². The first-order valence-electron chi connectivity index (χ1n) is 7.14. The summed E-state index contributed by atoms with van der Waals surface area (Å²) in [6, 6.07) is 5.84. The second kappa shape index (κ2) is 7.39. The van der Waals surface area contributed by atoms with Crippen LogP contribution < -0.4 is 15.4 Å². The van der Waals surface area contributed by atoms with E-state index in [0.717, 1.165) is 31.5 Å². The predicted molar refractivity (Wildman–Crippen MR) is 81.5 cm³/mol. The largest absolute Gasteiger partial charge is 0.492 e. The highest BCUT2D eigenvalue weighted by atomic mass is 35.5. The Morgan fingerprint density at radius 1 is 1.50 bits per heavy atom. The van der Waals surface area contributed by atoms with Crippen LogP contribution in [-0.4, -0.2) is 25.1 Å². The number of ether oxygens (including phenoxy) is 1. The van der Waals surface area contributed by atoms with Gasteiger partial charge >= 0.3 is 0 Å². The molecule has 2 N–H and O–H groups in total. The lowest BCUT2D eigenvalue weighted by Crippen LogP contribution is -2.26. The second-order valence-corrected chi connectivity index (χ2v) is 5.44. The molecule has 4 nitrogen and oxygen atoms in total. The molecule has 0 saturated carbocycles. The Balaban J connectivity index is 1.98. The molecule has 1 aliphatic rings. The molecule has 1 aromatic carbocycles. The lowest BCUT2D eigenvalue weighted by atomic mass is 10.1. The van der Waals surface area contributed by atoms with Gasteiger partial charge in [0.15, 0.2) is 0 Å². The standard InChI is InChI=1S/C15H21ClN2O2/c1-2-8-20-14-6-5-12(9-13(14)16)18-11-4-3-7-17-15(19)10-11/h5-6,9,11,18H,2-4,7-8,10H2,1H3,(H,17,19). The summed E-state index contributed by atoms with van der Waals surface area (Å²) in [4.78, 5) is 11.5. The fraction of sp³-hybridized carbons (Fsp3) is 0.533. The van der Waals surface area contributed by atoms with Crippen molar-refractivity contribution in [2.75, 3.05) is 18.5 Å². The van der Waals surface area contributed by atoms with Crippen molar-refractivity contribution in [1.29, 1.82) is 0 Å². The lowest BCUT2D eigenvalue weighted by Gasteiger charge is -2.17. The Bertz CT molecular complexity index is 465. The van der Waals surface area contributed by atoms with Gasteiger partial charge in [-0.3, -0.25) is 4.79 Å². The monoisotopic (exact) mass is 296 g/mol. The molecular weight excluding hydrogens is 276 g/mol. The van der Waals surface area contributed by atoms with E-state index in [1.807, 2.05) is 18.2 Å². The van der Waals surface area contributed by atoms with E-state index in [4.69, 9.17) is 16.3 Å². The van der Waals surface area contributed by atoms with Crippen molar-refractivity contribution < 1.29 is 9.53 Å². The van der Waals surface area contributed by atoms with Crippen LogP contribution in [0.5, 0.6) is 5.75 Å². The fourth-order valence-electron chi connectivity index (χ4n) is 2.25. The van der Waals surface area contributed by atoms with Gasteiger partial charge in [-0.1, -0.05) is 18.5 Å². The van der Waals surface area contributed by atoms with Crippen molar-refractivity contribution >= 4 is 23.2 Å². The Hall–Kier alpha value is -1.42. The van der Waals surface area contributed by atoms with Crippen LogP contribution in [-0.2, 0) is 4.79 Å². The molecule has 0 aromatic heterocycles. The summed E-state index contributed by atoms with van der Waals surface area (Å²) in [5.41, 5.74) is 0.929. The van der Waals surface area contributed by atoms with Gasteiger partial charge in [-0.2, -0.15) is 0 Å². The summed E-state index contributed by atoms with van der Waals surface area (Å²) >= 11 is 6.20. The smallest absolute Gasteiger partial charge is 0.222 e. The summed E-state index contributed by atoms with van der Waals surface area (Å²) in [5.74, 6) is 0.812. The Morgan fingerprint density at radius 3 is 3.10 bits per heavy atom. The molecule has 1 aromatic rings. The van der Waals surface area contributed by atoms with Crippen LogP contribution >= 0.6 is 11.6 Å². The molecule has 1 heterocycles. The molecule has 20 heavy (non-hydrogen) atoms. The number of halogens is 1. The number of rotatable bonds is 5. The third-order valence-electron chi connectivity index (χ3n) is 3.25. The first-order valence-corrected chi connectivity index (χ1v) is 7.52. The highest BCUT2D eigenvalue weighted by Gasteiger charge is 2.17. The Morgan fingerprint density at radius 2 is 2.35 bits per heavy atom. The van der Waals surface area contributed by atoms with Gasteiger partial charge in [0.25, 0.3) is 0 Å². The predicted octanol–water partition coefficient (Wildman–Crippen LogP) is 3.21. The van der Waals surface area contributed by atoms with Crippen molar-refractivity contribution in [2.45, 2.75) is 38.6 Å². The summed E-state index contributed by atoms with van der Waals surface area (Å²) in [7, 11) is 0. The zero-order valence-corrected chi connectivity index (χ0v) is 12.5. The average Bonchev–Trinajstić information content (AvgIpc) is 2.62. The van der Waals surface area contributed by atoms with Crippen molar-refractivity contribution in [3.63, 3.8) is 0 Å². The SMILES string of the molecule is CCCOc1ccc(NC2CCCNC(=O)C2)cc1Cl. The highest BCUT2D eigenvalue weighted by molar-refractivity contribution is 6.32. The van der Waals surface area contributed by atoms with Gasteiger partial charge in [-0.05, 0) is 37.5 Å². The van der Waals surface area contributed by atoms with E-state index in [1.54, 1.807) is 0 Å². The molecule has 0 spiro atoms. The third-order valence-corrected chi connectivity index (χ3v) is 3.54. The van der Waals surface area contributed by atoms with E-state index < -0.39 is 0 Å². The van der Waals surface area contributed by atoms with Gasteiger partial charge in [-0.25, -0.2) is 0 Å². The number of amides is 1. The maximum absolute atomic E-state index is 11.5. The molecule has 0 radical (unpaired) electrons. The number of hydrogen-bond acceptors (Lipinski definition) is 3. The zero-order valence-electron chi connectivity index (χ0n) is 11.7. The maximum Gasteiger partial charge on any atom is 0.222 e. The van der Waals surface area contributed by atoms with E-state index >= 15 is 0 Å². The van der Waals surface area contributed by atoms with Gasteiger partial charge in [0.2, 0.25) is 5.91 Å². The van der Waals surface area contributed by atoms with E-state index in [9.17, 15) is 4.79 Å². The van der Waals surface area contributed by atoms with Crippen LogP contribution in [0, 0.1) is 0 Å². The second-order valence-electron chi connectivity index (χ2n) is 5.03. The summed E-state index contributed by atoms with van der Waals surface area (Å²) < 4.78 is 5.54. The molecule has 0 bridgehead atoms. The number of carbonyl (C=O) groups excluding carboxylic acids is 1. The minimum atomic E-state index is 0.106. The normalized spacial score (nSPS) is 19.1. The minimum absolute atomic E-state index is 0.106. The Labute approximate surface area is 124 Å². The lowest BCUT2D eigenvalue weighted by molar-refractivity contribution is -0.120. The average molecular weight is 297 g/mol. The molecule has 1 atom stereocenters. The number of nitrogens with one attached hydrogen (secondary N) is 2. The summed E-state index contributed by atoms with van der Waals surface area (Å²) in [6.45, 7) is 3.48. The molecule has 2 rings (SSSR count). The fourth-order valence-corrected chi connectivity index (χ4v) is 2.49. The quantitative estimate of drug-likeness (QED) is 0.877. The van der Waals surface area contributed by atoms with Crippen molar-refractivity contribution in [3.8, 4) is 5.75 Å². The number of carbonyl (C=O) groups is 1. The van der Waals surface area contributed by atoms with E-state index in [1.165, 1.54) is 0 Å². The molecule has 1 unspecified atom stereocenters. The van der Waals surface area contributed by atoms with Gasteiger partial charge in [0, 0.05) is 24.7 Å². The van der Waals surface area contributed by atoms with Crippen LogP contribution in [0.2, 0.25) is 5.02 Å². The van der Waals surface area contributed by atoms with Crippen molar-refractivity contribution in [3.05, 3.63) is 23.2 Å². The van der Waals surface area contributed by atoms with Crippen LogP contribution in [0.25, 0.3) is 0 Å². The summed E-state index contributed by atoms with van der Waals surface area (Å²) in [6.07, 6.45) is 3.43. The van der Waals surface area contributed by atoms with Gasteiger partial charge in [0.05, 0.1) is 11.6 Å². The number of hydrogen-bond donors (Lipinski definition) is 2. The third kappa shape index (κ3) is 4.30. The van der Waals surface area contributed by atoms with Crippen molar-refractivity contribution in [1.82, 2.24) is 5.32 Å². The topological polar surface area (TPSA) is 50.4 Å². The molecule has 1 amide bonds. The number of benzene rings is 1. The first kappa shape index (κ1) is 15.0. The molecule has 1 saturated heterocycles. The van der Waals surface area contributed by atoms with Crippen LogP contribution in [0.3, 0.4) is 0 Å². The molecular formula is C15H21ClN2O2. The van der Waals surface area contributed by atoms with Crippen LogP contribution in [0.1, 0.15) is 32.6 Å². The molecule has 1 fully saturated rings. The minimum Gasteiger partial charge on any atom is -0.492 e. The molecule has 110 valence electrons. The van der Waals surface area contributed by atoms with Gasteiger partial charge in [0.1, 0.15) is 5.75 Å². The van der Waals surface area contributed by atoms with E-state index in [2.05, 4.69) is 17.6 Å². The molecule has 1 aliphatic heterocycles. The van der Waals surface area contributed by atoms with E-state index in [0.29, 0.717) is 23.8 Å². The number of anilines is 1. The van der Waals surface area contributed by atoms with Crippen LogP contribution in [0.15, 0.2) is 18.2 Å². The maximum atomic E-state index is 11.5. The Kier molecular flexibility index (Phi) is 5.53. The summed E-state index contributed by atoms with van der Waals surface area (Å²) in [5, 5.41) is 6.85. The molecule has 0 aliphatic carbocycles. The van der Waals surface area contributed by atoms with Crippen molar-refractivity contribution in [2.24, 2.45) is 0 Å². The highest BCUT2D eigenvalue weighted by Crippen LogP contribution is 2.28. The van der Waals surface area contributed by atoms with Gasteiger partial charge in [-0.15, -0.1) is 0 Å². The zero-order chi connectivity index (χ0) is 14.4. The van der Waals surface area contributed by atoms with Gasteiger partial charge < -0.3 is 15.4 Å². The first-order chi connectivity index (χ1) is 9.69. The molecule has 5 heteroatoms.